The Balaban J connectivity index is 2.36. The normalized spacial score (nSPS) is 25.2. The van der Waals surface area contributed by atoms with E-state index < -0.39 is 0 Å². The van der Waals surface area contributed by atoms with Crippen LogP contribution in [0, 0.1) is 5.92 Å². The molecular formula is C14H20BrN. The van der Waals surface area contributed by atoms with Crippen molar-refractivity contribution in [2.24, 2.45) is 5.92 Å². The summed E-state index contributed by atoms with van der Waals surface area (Å²) in [5, 5.41) is 3.73. The highest BCUT2D eigenvalue weighted by molar-refractivity contribution is 9.10. The van der Waals surface area contributed by atoms with Gasteiger partial charge in [0.2, 0.25) is 0 Å². The van der Waals surface area contributed by atoms with Crippen LogP contribution >= 0.6 is 15.9 Å². The smallest absolute Gasteiger partial charge is 0.0448 e. The van der Waals surface area contributed by atoms with Gasteiger partial charge in [0.1, 0.15) is 0 Å². The molecule has 1 aliphatic heterocycles. The van der Waals surface area contributed by atoms with Gasteiger partial charge < -0.3 is 5.32 Å². The Hall–Kier alpha value is -0.340. The van der Waals surface area contributed by atoms with Gasteiger partial charge in [0, 0.05) is 10.0 Å². The third-order valence-electron chi connectivity index (χ3n) is 3.39. The third kappa shape index (κ3) is 2.33. The maximum absolute atomic E-state index is 3.73. The number of halogens is 1. The van der Waals surface area contributed by atoms with Crippen LogP contribution in [0.4, 0.5) is 0 Å². The molecule has 16 heavy (non-hydrogen) atoms. The highest BCUT2D eigenvalue weighted by Crippen LogP contribution is 2.39. The highest BCUT2D eigenvalue weighted by Gasteiger charge is 2.36. The first-order valence-electron chi connectivity index (χ1n) is 6.14. The van der Waals surface area contributed by atoms with Crippen molar-refractivity contribution >= 4 is 15.9 Å². The highest BCUT2D eigenvalue weighted by atomic mass is 79.9. The van der Waals surface area contributed by atoms with E-state index in [4.69, 9.17) is 0 Å². The summed E-state index contributed by atoms with van der Waals surface area (Å²) in [6, 6.07) is 8.63. The van der Waals surface area contributed by atoms with Crippen molar-refractivity contribution < 1.29 is 0 Å². The van der Waals surface area contributed by atoms with Gasteiger partial charge in [0.25, 0.3) is 0 Å². The number of nitrogens with one attached hydrogen (secondary N) is 1. The first kappa shape index (κ1) is 12.1. The number of hydrogen-bond donors (Lipinski definition) is 1. The quantitative estimate of drug-likeness (QED) is 0.881. The molecule has 0 amide bonds. The molecule has 0 aliphatic carbocycles. The molecule has 1 fully saturated rings. The Morgan fingerprint density at radius 3 is 2.69 bits per heavy atom. The number of rotatable bonds is 3. The largest absolute Gasteiger partial charge is 0.307 e. The van der Waals surface area contributed by atoms with E-state index in [0.29, 0.717) is 0 Å². The van der Waals surface area contributed by atoms with Gasteiger partial charge in [-0.25, -0.2) is 0 Å². The van der Waals surface area contributed by atoms with Gasteiger partial charge in [-0.2, -0.15) is 0 Å². The van der Waals surface area contributed by atoms with Crippen molar-refractivity contribution in [1.82, 2.24) is 5.32 Å². The van der Waals surface area contributed by atoms with Crippen molar-refractivity contribution in [1.29, 1.82) is 0 Å². The predicted molar refractivity (Wildman–Crippen MR) is 72.5 cm³/mol. The summed E-state index contributed by atoms with van der Waals surface area (Å²) in [6.07, 6.45) is 3.76. The molecule has 2 heteroatoms. The lowest BCUT2D eigenvalue weighted by atomic mass is 9.81. The molecule has 1 atom stereocenters. The van der Waals surface area contributed by atoms with Crippen molar-refractivity contribution in [2.45, 2.75) is 38.6 Å². The van der Waals surface area contributed by atoms with Crippen molar-refractivity contribution in [3.63, 3.8) is 0 Å². The van der Waals surface area contributed by atoms with E-state index in [2.05, 4.69) is 59.4 Å². The molecule has 0 saturated carbocycles. The number of hydrogen-bond acceptors (Lipinski definition) is 1. The average molecular weight is 282 g/mol. The Labute approximate surface area is 107 Å². The van der Waals surface area contributed by atoms with Crippen LogP contribution in [0.3, 0.4) is 0 Å². The Kier molecular flexibility index (Phi) is 3.70. The van der Waals surface area contributed by atoms with E-state index >= 15 is 0 Å². The van der Waals surface area contributed by atoms with E-state index in [1.807, 2.05) is 0 Å². The Morgan fingerprint density at radius 2 is 2.12 bits per heavy atom. The van der Waals surface area contributed by atoms with E-state index in [-0.39, 0.29) is 5.54 Å². The second-order valence-electron chi connectivity index (χ2n) is 5.19. The van der Waals surface area contributed by atoms with Gasteiger partial charge in [-0.05, 0) is 43.4 Å². The van der Waals surface area contributed by atoms with Crippen LogP contribution in [0.2, 0.25) is 0 Å². The molecule has 0 bridgehead atoms. The van der Waals surface area contributed by atoms with Crippen LogP contribution in [0.15, 0.2) is 28.7 Å². The summed E-state index contributed by atoms with van der Waals surface area (Å²) >= 11 is 3.69. The van der Waals surface area contributed by atoms with Crippen molar-refractivity contribution in [3.05, 3.63) is 34.3 Å². The van der Waals surface area contributed by atoms with Gasteiger partial charge in [-0.3, -0.25) is 0 Å². The zero-order valence-corrected chi connectivity index (χ0v) is 11.7. The zero-order chi connectivity index (χ0) is 11.6. The first-order valence-corrected chi connectivity index (χ1v) is 6.93. The van der Waals surface area contributed by atoms with E-state index in [9.17, 15) is 0 Å². The van der Waals surface area contributed by atoms with Gasteiger partial charge in [-0.15, -0.1) is 0 Å². The van der Waals surface area contributed by atoms with Crippen LogP contribution in [-0.4, -0.2) is 6.54 Å². The maximum Gasteiger partial charge on any atom is 0.0448 e. The summed E-state index contributed by atoms with van der Waals surface area (Å²) < 4.78 is 1.24. The SMILES string of the molecule is CC(C)CC1(c2ccccc2Br)CCCN1. The predicted octanol–water partition coefficient (Wildman–Crippen LogP) is 4.07. The fraction of sp³-hybridized carbons (Fsp3) is 0.571. The molecule has 1 heterocycles. The lowest BCUT2D eigenvalue weighted by Gasteiger charge is -2.33. The van der Waals surface area contributed by atoms with Gasteiger partial charge in [0.05, 0.1) is 0 Å². The molecule has 1 aromatic carbocycles. The van der Waals surface area contributed by atoms with Gasteiger partial charge in [-0.1, -0.05) is 48.0 Å². The first-order chi connectivity index (χ1) is 7.64. The molecule has 1 nitrogen and oxygen atoms in total. The molecular weight excluding hydrogens is 262 g/mol. The van der Waals surface area contributed by atoms with Crippen LogP contribution in [0.1, 0.15) is 38.7 Å². The minimum atomic E-state index is 0.203. The molecule has 0 radical (unpaired) electrons. The molecule has 1 unspecified atom stereocenters. The van der Waals surface area contributed by atoms with Crippen LogP contribution in [-0.2, 0) is 5.54 Å². The summed E-state index contributed by atoms with van der Waals surface area (Å²) in [4.78, 5) is 0. The van der Waals surface area contributed by atoms with Crippen LogP contribution in [0.5, 0.6) is 0 Å². The molecule has 1 saturated heterocycles. The minimum Gasteiger partial charge on any atom is -0.307 e. The fourth-order valence-electron chi connectivity index (χ4n) is 2.87. The van der Waals surface area contributed by atoms with E-state index in [0.717, 1.165) is 12.5 Å². The molecule has 1 N–H and O–H groups in total. The summed E-state index contributed by atoms with van der Waals surface area (Å²) in [6.45, 7) is 5.76. The molecule has 2 rings (SSSR count). The van der Waals surface area contributed by atoms with Crippen LogP contribution in [0.25, 0.3) is 0 Å². The molecule has 88 valence electrons. The second kappa shape index (κ2) is 4.89. The second-order valence-corrected chi connectivity index (χ2v) is 6.04. The number of benzene rings is 1. The topological polar surface area (TPSA) is 12.0 Å². The molecule has 0 spiro atoms. The maximum atomic E-state index is 3.73. The molecule has 1 aliphatic rings. The van der Waals surface area contributed by atoms with Gasteiger partial charge >= 0.3 is 0 Å². The minimum absolute atomic E-state index is 0.203. The van der Waals surface area contributed by atoms with Crippen molar-refractivity contribution in [3.8, 4) is 0 Å². The molecule has 0 aromatic heterocycles. The van der Waals surface area contributed by atoms with Crippen LogP contribution < -0.4 is 5.32 Å². The third-order valence-corrected chi connectivity index (χ3v) is 4.08. The average Bonchev–Trinajstić information content (AvgIpc) is 2.67. The molecule has 1 aromatic rings. The van der Waals surface area contributed by atoms with Crippen molar-refractivity contribution in [2.75, 3.05) is 6.54 Å². The van der Waals surface area contributed by atoms with E-state index in [1.54, 1.807) is 0 Å². The van der Waals surface area contributed by atoms with Gasteiger partial charge in [0.15, 0.2) is 0 Å². The summed E-state index contributed by atoms with van der Waals surface area (Å²) in [5.74, 6) is 0.720. The fourth-order valence-corrected chi connectivity index (χ4v) is 3.53. The Morgan fingerprint density at radius 1 is 1.38 bits per heavy atom. The Bertz CT molecular complexity index is 354. The zero-order valence-electron chi connectivity index (χ0n) is 10.1. The lowest BCUT2D eigenvalue weighted by Crippen LogP contribution is -2.38. The summed E-state index contributed by atoms with van der Waals surface area (Å²) in [5.41, 5.74) is 1.63. The van der Waals surface area contributed by atoms with E-state index in [1.165, 1.54) is 29.3 Å². The summed E-state index contributed by atoms with van der Waals surface area (Å²) in [7, 11) is 0. The standard InChI is InChI=1S/C14H20BrN/c1-11(2)10-14(8-5-9-16-14)12-6-3-4-7-13(12)15/h3-4,6-7,11,16H,5,8-10H2,1-2H3. The lowest BCUT2D eigenvalue weighted by molar-refractivity contribution is 0.309. The monoisotopic (exact) mass is 281 g/mol.